The fourth-order valence-corrected chi connectivity index (χ4v) is 3.77. The number of hydrogen-bond donors (Lipinski definition) is 0. The molecular weight excluding hydrogens is 327 g/mol. The Morgan fingerprint density at radius 1 is 1.14 bits per heavy atom. The molecule has 1 aromatic heterocycles. The van der Waals surface area contributed by atoms with Crippen LogP contribution in [0, 0.1) is 11.8 Å². The van der Waals surface area contributed by atoms with Crippen molar-refractivity contribution in [1.29, 1.82) is 0 Å². The van der Waals surface area contributed by atoms with Crippen molar-refractivity contribution < 1.29 is 0 Å². The van der Waals surface area contributed by atoms with E-state index in [4.69, 9.17) is 34.8 Å². The van der Waals surface area contributed by atoms with E-state index in [2.05, 4.69) is 16.5 Å². The number of benzene rings is 1. The van der Waals surface area contributed by atoms with E-state index in [1.807, 2.05) is 12.1 Å². The Balaban J connectivity index is 1.94. The summed E-state index contributed by atoms with van der Waals surface area (Å²) in [5.74, 6) is 2.88. The Morgan fingerprint density at radius 2 is 1.81 bits per heavy atom. The van der Waals surface area contributed by atoms with Crippen molar-refractivity contribution in [3.8, 4) is 0 Å². The summed E-state index contributed by atoms with van der Waals surface area (Å²) in [6.07, 6.45) is 5.20. The first-order valence-corrected chi connectivity index (χ1v) is 8.77. The molecule has 1 fully saturated rings. The fourth-order valence-electron chi connectivity index (χ4n) is 3.25. The summed E-state index contributed by atoms with van der Waals surface area (Å²) >= 11 is 18.3. The predicted octanol–water partition coefficient (Wildman–Crippen LogP) is 5.91. The molecule has 1 aromatic carbocycles. The molecule has 0 N–H and O–H groups in total. The topological polar surface area (TPSA) is 17.8 Å². The van der Waals surface area contributed by atoms with Gasteiger partial charge in [0, 0.05) is 6.54 Å². The zero-order valence-corrected chi connectivity index (χ0v) is 14.3. The van der Waals surface area contributed by atoms with Gasteiger partial charge in [0.25, 0.3) is 0 Å². The minimum atomic E-state index is 0.410. The molecule has 0 saturated heterocycles. The maximum atomic E-state index is 6.17. The Bertz CT molecular complexity index is 642. The molecule has 0 aliphatic heterocycles. The molecule has 2 aromatic rings. The van der Waals surface area contributed by atoms with Gasteiger partial charge in [0.2, 0.25) is 0 Å². The van der Waals surface area contributed by atoms with Gasteiger partial charge in [-0.2, -0.15) is 0 Å². The lowest BCUT2D eigenvalue weighted by Gasteiger charge is -2.27. The molecule has 5 heteroatoms. The molecule has 2 nitrogen and oxygen atoms in total. The summed E-state index contributed by atoms with van der Waals surface area (Å²) in [6.45, 7) is 3.32. The number of fused-ring (bicyclic) bond motifs is 1. The van der Waals surface area contributed by atoms with Crippen molar-refractivity contribution in [3.05, 3.63) is 28.0 Å². The van der Waals surface area contributed by atoms with Gasteiger partial charge in [-0.1, -0.05) is 43.0 Å². The fraction of sp³-hybridized carbons (Fsp3) is 0.562. The molecule has 1 saturated carbocycles. The zero-order valence-electron chi connectivity index (χ0n) is 12.1. The molecule has 114 valence electrons. The van der Waals surface area contributed by atoms with Gasteiger partial charge in [-0.25, -0.2) is 4.98 Å². The van der Waals surface area contributed by atoms with Crippen LogP contribution in [0.2, 0.25) is 10.0 Å². The minimum Gasteiger partial charge on any atom is -0.327 e. The van der Waals surface area contributed by atoms with Crippen molar-refractivity contribution in [3.63, 3.8) is 0 Å². The first-order valence-electron chi connectivity index (χ1n) is 7.48. The third kappa shape index (κ3) is 3.18. The van der Waals surface area contributed by atoms with Crippen molar-refractivity contribution in [2.75, 3.05) is 0 Å². The second kappa shape index (κ2) is 6.36. The highest BCUT2D eigenvalue weighted by atomic mass is 35.5. The minimum absolute atomic E-state index is 0.410. The zero-order chi connectivity index (χ0) is 15.0. The molecule has 21 heavy (non-hydrogen) atoms. The third-order valence-electron chi connectivity index (χ3n) is 4.57. The van der Waals surface area contributed by atoms with Crippen LogP contribution in [0.1, 0.15) is 38.4 Å². The predicted molar refractivity (Wildman–Crippen MR) is 90.4 cm³/mol. The molecule has 1 aliphatic carbocycles. The molecule has 1 aliphatic rings. The lowest BCUT2D eigenvalue weighted by molar-refractivity contribution is 0.265. The summed E-state index contributed by atoms with van der Waals surface area (Å²) in [7, 11) is 0. The molecule has 0 bridgehead atoms. The highest BCUT2D eigenvalue weighted by Gasteiger charge is 2.21. The number of imidazole rings is 1. The summed E-state index contributed by atoms with van der Waals surface area (Å²) in [5, 5.41) is 1.12. The second-order valence-corrected chi connectivity index (χ2v) is 7.23. The van der Waals surface area contributed by atoms with Crippen molar-refractivity contribution >= 4 is 45.8 Å². The van der Waals surface area contributed by atoms with Gasteiger partial charge >= 0.3 is 0 Å². The molecule has 0 atom stereocenters. The largest absolute Gasteiger partial charge is 0.327 e. The lowest BCUT2D eigenvalue weighted by Crippen LogP contribution is -2.18. The van der Waals surface area contributed by atoms with Crippen LogP contribution in [0.4, 0.5) is 0 Å². The number of rotatable bonds is 3. The highest BCUT2D eigenvalue weighted by Crippen LogP contribution is 2.33. The van der Waals surface area contributed by atoms with Crippen molar-refractivity contribution in [1.82, 2.24) is 9.55 Å². The van der Waals surface area contributed by atoms with Gasteiger partial charge in [-0.15, -0.1) is 11.6 Å². The van der Waals surface area contributed by atoms with E-state index in [1.165, 1.54) is 25.7 Å². The maximum absolute atomic E-state index is 6.17. The van der Waals surface area contributed by atoms with Crippen molar-refractivity contribution in [2.45, 2.75) is 45.0 Å². The third-order valence-corrected chi connectivity index (χ3v) is 5.53. The first-order chi connectivity index (χ1) is 10.1. The standard InChI is InChI=1S/C16H19Cl3N2/c1-10-2-4-11(5-3-10)9-21-15-7-13(19)12(18)6-14(15)20-16(21)8-17/h6-7,10-11H,2-5,8-9H2,1H3. The van der Waals surface area contributed by atoms with Crippen LogP contribution in [0.25, 0.3) is 11.0 Å². The van der Waals surface area contributed by atoms with E-state index in [0.717, 1.165) is 29.3 Å². The molecule has 0 radical (unpaired) electrons. The van der Waals surface area contributed by atoms with Gasteiger partial charge in [0.05, 0.1) is 27.0 Å². The normalized spacial score (nSPS) is 22.9. The van der Waals surface area contributed by atoms with E-state index >= 15 is 0 Å². The Labute approximate surface area is 140 Å². The van der Waals surface area contributed by atoms with Crippen LogP contribution in [-0.4, -0.2) is 9.55 Å². The Morgan fingerprint density at radius 3 is 2.48 bits per heavy atom. The molecular formula is C16H19Cl3N2. The van der Waals surface area contributed by atoms with E-state index < -0.39 is 0 Å². The van der Waals surface area contributed by atoms with Crippen LogP contribution in [0.3, 0.4) is 0 Å². The SMILES string of the molecule is CC1CCC(Cn2c(CCl)nc3cc(Cl)c(Cl)cc32)CC1. The van der Waals surface area contributed by atoms with Crippen LogP contribution >= 0.6 is 34.8 Å². The lowest BCUT2D eigenvalue weighted by atomic mass is 9.83. The van der Waals surface area contributed by atoms with Crippen LogP contribution in [0.15, 0.2) is 12.1 Å². The van der Waals surface area contributed by atoms with Gasteiger partial charge in [0.1, 0.15) is 5.82 Å². The quantitative estimate of drug-likeness (QED) is 0.632. The molecule has 3 rings (SSSR count). The van der Waals surface area contributed by atoms with E-state index in [9.17, 15) is 0 Å². The van der Waals surface area contributed by atoms with E-state index in [1.54, 1.807) is 0 Å². The number of aromatic nitrogens is 2. The van der Waals surface area contributed by atoms with Gasteiger partial charge in [0.15, 0.2) is 0 Å². The summed E-state index contributed by atoms with van der Waals surface area (Å²) in [4.78, 5) is 4.60. The summed E-state index contributed by atoms with van der Waals surface area (Å²) < 4.78 is 2.23. The van der Waals surface area contributed by atoms with E-state index in [-0.39, 0.29) is 0 Å². The molecule has 0 unspecified atom stereocenters. The Kier molecular flexibility index (Phi) is 4.68. The number of hydrogen-bond acceptors (Lipinski definition) is 1. The maximum Gasteiger partial charge on any atom is 0.124 e. The van der Waals surface area contributed by atoms with Gasteiger partial charge in [-0.3, -0.25) is 0 Å². The molecule has 0 spiro atoms. The van der Waals surface area contributed by atoms with E-state index in [0.29, 0.717) is 21.8 Å². The molecule has 0 amide bonds. The number of nitrogens with zero attached hydrogens (tertiary/aromatic N) is 2. The average molecular weight is 346 g/mol. The highest BCUT2D eigenvalue weighted by molar-refractivity contribution is 6.42. The molecule has 1 heterocycles. The monoisotopic (exact) mass is 344 g/mol. The van der Waals surface area contributed by atoms with Gasteiger partial charge in [-0.05, 0) is 36.8 Å². The second-order valence-electron chi connectivity index (χ2n) is 6.15. The smallest absolute Gasteiger partial charge is 0.124 e. The van der Waals surface area contributed by atoms with Crippen molar-refractivity contribution in [2.24, 2.45) is 11.8 Å². The first kappa shape index (κ1) is 15.5. The summed E-state index contributed by atoms with van der Waals surface area (Å²) in [5.41, 5.74) is 1.92. The van der Waals surface area contributed by atoms with Crippen LogP contribution < -0.4 is 0 Å². The average Bonchev–Trinajstić information content (AvgIpc) is 2.79. The number of alkyl halides is 1. The summed E-state index contributed by atoms with van der Waals surface area (Å²) in [6, 6.07) is 3.74. The van der Waals surface area contributed by atoms with Crippen LogP contribution in [-0.2, 0) is 12.4 Å². The Hall–Kier alpha value is -0.440. The number of halogens is 3. The van der Waals surface area contributed by atoms with Crippen LogP contribution in [0.5, 0.6) is 0 Å². The van der Waals surface area contributed by atoms with Gasteiger partial charge < -0.3 is 4.57 Å².